The topological polar surface area (TPSA) is 77.7 Å². The summed E-state index contributed by atoms with van der Waals surface area (Å²) in [5, 5.41) is 15.0. The third-order valence-electron chi connectivity index (χ3n) is 4.49. The van der Waals surface area contributed by atoms with E-state index in [1.165, 1.54) is 0 Å². The Balaban J connectivity index is 1.64. The first-order valence-electron chi connectivity index (χ1n) is 8.58. The number of fused-ring (bicyclic) bond motifs is 2. The summed E-state index contributed by atoms with van der Waals surface area (Å²) >= 11 is 0. The number of anilines is 2. The Bertz CT molecular complexity index is 1260. The molecule has 3 N–H and O–H groups in total. The van der Waals surface area contributed by atoms with Crippen molar-refractivity contribution in [2.24, 2.45) is 0 Å². The summed E-state index contributed by atoms with van der Waals surface area (Å²) in [6.45, 7) is 0. The van der Waals surface area contributed by atoms with Gasteiger partial charge in [-0.25, -0.2) is 9.97 Å². The zero-order valence-electron chi connectivity index (χ0n) is 14.3. The van der Waals surface area contributed by atoms with Gasteiger partial charge < -0.3 is 10.3 Å². The average Bonchev–Trinajstić information content (AvgIpc) is 3.16. The molecule has 0 bridgehead atoms. The molecule has 130 valence electrons. The molecule has 0 spiro atoms. The first-order valence-corrected chi connectivity index (χ1v) is 8.58. The minimum Gasteiger partial charge on any atom is -0.361 e. The molecule has 6 heteroatoms. The van der Waals surface area contributed by atoms with Crippen molar-refractivity contribution < 1.29 is 9.94 Å². The number of hydrogen-bond donors (Lipinski definition) is 3. The second-order valence-electron chi connectivity index (χ2n) is 6.28. The van der Waals surface area contributed by atoms with Gasteiger partial charge in [-0.2, -0.15) is 0 Å². The fraction of sp³-hybridized carbons (Fsp3) is 0. The van der Waals surface area contributed by atoms with Gasteiger partial charge in [-0.05, 0) is 36.4 Å². The van der Waals surface area contributed by atoms with Crippen LogP contribution in [-0.4, -0.2) is 20.2 Å². The largest absolute Gasteiger partial charge is 0.361 e. The molecule has 3 aromatic heterocycles. The SMILES string of the molecule is O[n+]1ccc(-c2nc(Nc3ccc4[nH]ccc4c3)c3ccccc3n2)cc1. The van der Waals surface area contributed by atoms with E-state index in [0.29, 0.717) is 5.82 Å². The van der Waals surface area contributed by atoms with Crippen LogP contribution >= 0.6 is 0 Å². The van der Waals surface area contributed by atoms with Crippen LogP contribution in [0.15, 0.2) is 79.3 Å². The molecule has 0 aliphatic heterocycles. The fourth-order valence-electron chi connectivity index (χ4n) is 3.14. The van der Waals surface area contributed by atoms with Crippen LogP contribution in [0, 0.1) is 0 Å². The number of nitrogens with one attached hydrogen (secondary N) is 2. The normalized spacial score (nSPS) is 11.1. The quantitative estimate of drug-likeness (QED) is 0.337. The van der Waals surface area contributed by atoms with Crippen LogP contribution in [0.1, 0.15) is 0 Å². The predicted octanol–water partition coefficient (Wildman–Crippen LogP) is 4.05. The Morgan fingerprint density at radius 3 is 2.67 bits per heavy atom. The monoisotopic (exact) mass is 354 g/mol. The van der Waals surface area contributed by atoms with E-state index in [0.717, 1.165) is 43.6 Å². The van der Waals surface area contributed by atoms with E-state index in [1.807, 2.05) is 48.7 Å². The number of H-pyrrole nitrogens is 1. The molecule has 6 nitrogen and oxygen atoms in total. The van der Waals surface area contributed by atoms with Crippen LogP contribution in [0.5, 0.6) is 0 Å². The van der Waals surface area contributed by atoms with Crippen molar-refractivity contribution in [3.63, 3.8) is 0 Å². The lowest BCUT2D eigenvalue weighted by molar-refractivity contribution is -0.904. The minimum absolute atomic E-state index is 0.597. The number of nitrogens with zero attached hydrogens (tertiary/aromatic N) is 3. The Morgan fingerprint density at radius 1 is 0.926 bits per heavy atom. The molecular weight excluding hydrogens is 338 g/mol. The Hall–Kier alpha value is -3.93. The van der Waals surface area contributed by atoms with Gasteiger partial charge in [0, 0.05) is 50.6 Å². The van der Waals surface area contributed by atoms with Crippen molar-refractivity contribution in [3.8, 4) is 11.4 Å². The number of aromatic nitrogens is 4. The summed E-state index contributed by atoms with van der Waals surface area (Å²) < 4.78 is 0.996. The summed E-state index contributed by atoms with van der Waals surface area (Å²) in [7, 11) is 0. The van der Waals surface area contributed by atoms with Crippen LogP contribution in [0.25, 0.3) is 33.2 Å². The van der Waals surface area contributed by atoms with Crippen molar-refractivity contribution in [1.82, 2.24) is 15.0 Å². The first-order chi connectivity index (χ1) is 13.3. The van der Waals surface area contributed by atoms with E-state index in [2.05, 4.69) is 21.4 Å². The van der Waals surface area contributed by atoms with Crippen molar-refractivity contribution in [3.05, 3.63) is 79.3 Å². The standard InChI is InChI=1S/C21H15N5O/c27-26-11-8-14(9-12-26)20-24-19-4-2-1-3-17(19)21(25-20)23-16-5-6-18-15(13-16)7-10-22-18/h1-13,27H,(H,24,25)/p+1. The maximum Gasteiger partial charge on any atom is 0.222 e. The number of hydrogen-bond acceptors (Lipinski definition) is 4. The van der Waals surface area contributed by atoms with Crippen molar-refractivity contribution >= 4 is 33.3 Å². The summed E-state index contributed by atoms with van der Waals surface area (Å²) in [5.41, 5.74) is 3.73. The van der Waals surface area contributed by atoms with Crippen LogP contribution < -0.4 is 10.0 Å². The molecular formula is C21H16N5O+. The molecule has 0 atom stereocenters. The summed E-state index contributed by atoms with van der Waals surface area (Å²) in [5.74, 6) is 1.34. The predicted molar refractivity (Wildman–Crippen MR) is 104 cm³/mol. The van der Waals surface area contributed by atoms with Gasteiger partial charge in [0.15, 0.2) is 5.82 Å². The summed E-state index contributed by atoms with van der Waals surface area (Å²) in [6, 6.07) is 19.6. The van der Waals surface area contributed by atoms with Gasteiger partial charge in [-0.1, -0.05) is 12.1 Å². The zero-order chi connectivity index (χ0) is 18.2. The molecule has 0 amide bonds. The number of benzene rings is 2. The van der Waals surface area contributed by atoms with Gasteiger partial charge in [0.2, 0.25) is 12.4 Å². The summed E-state index contributed by atoms with van der Waals surface area (Å²) in [6.07, 6.45) is 5.04. The highest BCUT2D eigenvalue weighted by molar-refractivity contribution is 5.93. The average molecular weight is 354 g/mol. The van der Waals surface area contributed by atoms with E-state index < -0.39 is 0 Å². The third kappa shape index (κ3) is 2.83. The lowest BCUT2D eigenvalue weighted by atomic mass is 10.2. The van der Waals surface area contributed by atoms with Gasteiger partial charge in [0.1, 0.15) is 5.82 Å². The molecule has 3 heterocycles. The maximum absolute atomic E-state index is 9.45. The summed E-state index contributed by atoms with van der Waals surface area (Å²) in [4.78, 5) is 12.6. The zero-order valence-corrected chi connectivity index (χ0v) is 14.3. The van der Waals surface area contributed by atoms with E-state index >= 15 is 0 Å². The van der Waals surface area contributed by atoms with Gasteiger partial charge in [-0.3, -0.25) is 5.21 Å². The van der Waals surface area contributed by atoms with E-state index in [-0.39, 0.29) is 0 Å². The highest BCUT2D eigenvalue weighted by atomic mass is 16.5. The molecule has 0 saturated carbocycles. The Kier molecular flexibility index (Phi) is 3.47. The molecule has 0 aliphatic rings. The van der Waals surface area contributed by atoms with Gasteiger partial charge in [-0.15, -0.1) is 0 Å². The number of rotatable bonds is 3. The van der Waals surface area contributed by atoms with Gasteiger partial charge in [0.05, 0.1) is 5.52 Å². The van der Waals surface area contributed by atoms with E-state index in [9.17, 15) is 5.21 Å². The number of aromatic amines is 1. The first kappa shape index (κ1) is 15.3. The Labute approximate surface area is 154 Å². The third-order valence-corrected chi connectivity index (χ3v) is 4.49. The molecule has 0 saturated heterocycles. The van der Waals surface area contributed by atoms with Crippen molar-refractivity contribution in [2.75, 3.05) is 5.32 Å². The number of pyridine rings is 1. The smallest absolute Gasteiger partial charge is 0.222 e. The second-order valence-corrected chi connectivity index (χ2v) is 6.28. The molecule has 27 heavy (non-hydrogen) atoms. The molecule has 5 aromatic rings. The van der Waals surface area contributed by atoms with Crippen LogP contribution in [0.4, 0.5) is 11.5 Å². The molecule has 2 aromatic carbocycles. The molecule has 0 aliphatic carbocycles. The van der Waals surface area contributed by atoms with Gasteiger partial charge >= 0.3 is 0 Å². The highest BCUT2D eigenvalue weighted by Crippen LogP contribution is 2.28. The lowest BCUT2D eigenvalue weighted by Gasteiger charge is -2.11. The molecule has 5 rings (SSSR count). The molecule has 0 unspecified atom stereocenters. The van der Waals surface area contributed by atoms with Gasteiger partial charge in [0.25, 0.3) is 0 Å². The van der Waals surface area contributed by atoms with Crippen molar-refractivity contribution in [2.45, 2.75) is 0 Å². The molecule has 0 fully saturated rings. The van der Waals surface area contributed by atoms with Crippen molar-refractivity contribution in [1.29, 1.82) is 0 Å². The van der Waals surface area contributed by atoms with E-state index in [4.69, 9.17) is 4.98 Å². The highest BCUT2D eigenvalue weighted by Gasteiger charge is 2.11. The number of para-hydroxylation sites is 1. The maximum atomic E-state index is 9.45. The van der Waals surface area contributed by atoms with E-state index in [1.54, 1.807) is 24.5 Å². The Morgan fingerprint density at radius 2 is 1.78 bits per heavy atom. The van der Waals surface area contributed by atoms with Crippen LogP contribution in [0.3, 0.4) is 0 Å². The van der Waals surface area contributed by atoms with Crippen LogP contribution in [0.2, 0.25) is 0 Å². The minimum atomic E-state index is 0.597. The molecule has 0 radical (unpaired) electrons. The van der Waals surface area contributed by atoms with Crippen LogP contribution in [-0.2, 0) is 0 Å². The second kappa shape index (κ2) is 6.10. The fourth-order valence-corrected chi connectivity index (χ4v) is 3.14. The lowest BCUT2D eigenvalue weighted by Crippen LogP contribution is -2.27.